The van der Waals surface area contributed by atoms with Gasteiger partial charge in [-0.25, -0.2) is 0 Å². The lowest BCUT2D eigenvalue weighted by Gasteiger charge is -1.90. The van der Waals surface area contributed by atoms with E-state index >= 15 is 0 Å². The fourth-order valence-corrected chi connectivity index (χ4v) is 0.575. The Hall–Kier alpha value is -1.38. The Kier molecular flexibility index (Phi) is 36.6. The number of hydrogen-bond acceptors (Lipinski definition) is 2. The Morgan fingerprint density at radius 2 is 0.750 bits per heavy atom. The van der Waals surface area contributed by atoms with Gasteiger partial charge in [0.2, 0.25) is 0 Å². The molecular weight excluding hydrogens is 196 g/mol. The zero-order valence-electron chi connectivity index (χ0n) is 10.4. The van der Waals surface area contributed by atoms with Gasteiger partial charge in [0.05, 0.1) is 0 Å². The van der Waals surface area contributed by atoms with Crippen molar-refractivity contribution in [1.29, 1.82) is 0 Å². The summed E-state index contributed by atoms with van der Waals surface area (Å²) < 4.78 is 0. The topological polar surface area (TPSA) is 24.1 Å². The second kappa shape index (κ2) is 29.2. The van der Waals surface area contributed by atoms with Crippen molar-refractivity contribution in [3.63, 3.8) is 0 Å². The SMILES string of the molecule is C=C.C=CCNCC=C.C=CCNCC=C. The molecule has 0 amide bonds. The van der Waals surface area contributed by atoms with Gasteiger partial charge >= 0.3 is 0 Å². The highest BCUT2D eigenvalue weighted by Crippen LogP contribution is 1.60. The molecule has 0 bridgehead atoms. The van der Waals surface area contributed by atoms with Gasteiger partial charge in [0.25, 0.3) is 0 Å². The maximum absolute atomic E-state index is 3.54. The molecule has 2 nitrogen and oxygen atoms in total. The van der Waals surface area contributed by atoms with Gasteiger partial charge in [-0.15, -0.1) is 39.5 Å². The first-order valence-electron chi connectivity index (χ1n) is 5.18. The van der Waals surface area contributed by atoms with Crippen LogP contribution in [0.25, 0.3) is 0 Å². The fraction of sp³-hybridized carbons (Fsp3) is 0.286. The van der Waals surface area contributed by atoms with Crippen molar-refractivity contribution < 1.29 is 0 Å². The Morgan fingerprint density at radius 3 is 0.875 bits per heavy atom. The van der Waals surface area contributed by atoms with Gasteiger partial charge in [-0.05, 0) is 0 Å². The predicted molar refractivity (Wildman–Crippen MR) is 77.8 cm³/mol. The van der Waals surface area contributed by atoms with E-state index < -0.39 is 0 Å². The smallest absolute Gasteiger partial charge is 0.0135 e. The second-order valence-electron chi connectivity index (χ2n) is 2.47. The molecule has 0 radical (unpaired) electrons. The van der Waals surface area contributed by atoms with E-state index in [0.29, 0.717) is 0 Å². The molecule has 0 rings (SSSR count). The molecule has 0 aliphatic carbocycles. The molecule has 0 heterocycles. The van der Waals surface area contributed by atoms with Gasteiger partial charge in [-0.1, -0.05) is 24.3 Å². The van der Waals surface area contributed by atoms with Gasteiger partial charge in [0, 0.05) is 26.2 Å². The van der Waals surface area contributed by atoms with Crippen molar-refractivity contribution in [2.45, 2.75) is 0 Å². The van der Waals surface area contributed by atoms with E-state index in [2.05, 4.69) is 50.1 Å². The van der Waals surface area contributed by atoms with Gasteiger partial charge in [0.15, 0.2) is 0 Å². The quantitative estimate of drug-likeness (QED) is 0.487. The van der Waals surface area contributed by atoms with E-state index in [1.54, 1.807) is 0 Å². The van der Waals surface area contributed by atoms with Crippen LogP contribution < -0.4 is 10.6 Å². The van der Waals surface area contributed by atoms with Gasteiger partial charge in [-0.2, -0.15) is 0 Å². The van der Waals surface area contributed by atoms with E-state index in [1.807, 2.05) is 24.3 Å². The summed E-state index contributed by atoms with van der Waals surface area (Å²) in [7, 11) is 0. The van der Waals surface area contributed by atoms with Crippen LogP contribution in [-0.2, 0) is 0 Å². The summed E-state index contributed by atoms with van der Waals surface area (Å²) in [5.74, 6) is 0. The van der Waals surface area contributed by atoms with Crippen molar-refractivity contribution in [2.24, 2.45) is 0 Å². The van der Waals surface area contributed by atoms with Crippen LogP contribution in [0.2, 0.25) is 0 Å². The van der Waals surface area contributed by atoms with Crippen LogP contribution in [0.15, 0.2) is 63.8 Å². The van der Waals surface area contributed by atoms with Gasteiger partial charge in [0.1, 0.15) is 0 Å². The fourth-order valence-electron chi connectivity index (χ4n) is 0.575. The Balaban J connectivity index is -0.000000183. The first-order chi connectivity index (χ1) is 7.83. The molecule has 0 aromatic heterocycles. The first kappa shape index (κ1) is 20.1. The standard InChI is InChI=1S/2C6H11N.C2H4/c2*1-3-5-7-6-4-2;1-2/h2*3-4,7H,1-2,5-6H2;1-2H2. The molecule has 0 aromatic carbocycles. The summed E-state index contributed by atoms with van der Waals surface area (Å²) in [4.78, 5) is 0. The van der Waals surface area contributed by atoms with Crippen molar-refractivity contribution in [3.05, 3.63) is 63.8 Å². The molecule has 0 aromatic rings. The summed E-state index contributed by atoms with van der Waals surface area (Å²) >= 11 is 0. The largest absolute Gasteiger partial charge is 0.310 e. The molecule has 0 saturated heterocycles. The van der Waals surface area contributed by atoms with E-state index in [-0.39, 0.29) is 0 Å². The third kappa shape index (κ3) is 38.9. The molecule has 0 aliphatic heterocycles. The van der Waals surface area contributed by atoms with E-state index in [9.17, 15) is 0 Å². The Labute approximate surface area is 101 Å². The average molecular weight is 222 g/mol. The highest BCUT2D eigenvalue weighted by atomic mass is 14.8. The van der Waals surface area contributed by atoms with Crippen LogP contribution in [0.4, 0.5) is 0 Å². The summed E-state index contributed by atoms with van der Waals surface area (Å²) in [5.41, 5.74) is 0. The summed E-state index contributed by atoms with van der Waals surface area (Å²) in [6, 6.07) is 0. The van der Waals surface area contributed by atoms with Crippen LogP contribution in [0, 0.1) is 0 Å². The molecule has 0 spiro atoms. The van der Waals surface area contributed by atoms with Crippen LogP contribution in [-0.4, -0.2) is 26.2 Å². The monoisotopic (exact) mass is 222 g/mol. The molecule has 0 atom stereocenters. The predicted octanol–water partition coefficient (Wildman–Crippen LogP) is 2.70. The van der Waals surface area contributed by atoms with Crippen LogP contribution in [0.5, 0.6) is 0 Å². The Bertz CT molecular complexity index is 128. The molecule has 0 fully saturated rings. The third-order valence-corrected chi connectivity index (χ3v) is 1.15. The summed E-state index contributed by atoms with van der Waals surface area (Å²) in [6.07, 6.45) is 7.29. The van der Waals surface area contributed by atoms with Crippen LogP contribution >= 0.6 is 0 Å². The lowest BCUT2D eigenvalue weighted by atomic mass is 10.5. The number of rotatable bonds is 8. The highest BCUT2D eigenvalue weighted by molar-refractivity contribution is 4.75. The molecule has 92 valence electrons. The first-order valence-corrected chi connectivity index (χ1v) is 5.18. The lowest BCUT2D eigenvalue weighted by Crippen LogP contribution is -2.11. The molecule has 0 unspecified atom stereocenters. The highest BCUT2D eigenvalue weighted by Gasteiger charge is 1.70. The number of nitrogens with one attached hydrogen (secondary N) is 2. The molecule has 0 saturated carbocycles. The summed E-state index contributed by atoms with van der Waals surface area (Å²) in [6.45, 7) is 23.6. The van der Waals surface area contributed by atoms with Crippen molar-refractivity contribution in [3.8, 4) is 0 Å². The zero-order valence-corrected chi connectivity index (χ0v) is 10.4. The van der Waals surface area contributed by atoms with Crippen molar-refractivity contribution >= 4 is 0 Å². The molecule has 2 heteroatoms. The Morgan fingerprint density at radius 1 is 0.562 bits per heavy atom. The van der Waals surface area contributed by atoms with Gasteiger partial charge in [-0.3, -0.25) is 0 Å². The molecule has 2 N–H and O–H groups in total. The maximum Gasteiger partial charge on any atom is 0.0135 e. The third-order valence-electron chi connectivity index (χ3n) is 1.15. The van der Waals surface area contributed by atoms with E-state index in [0.717, 1.165) is 26.2 Å². The van der Waals surface area contributed by atoms with E-state index in [4.69, 9.17) is 0 Å². The van der Waals surface area contributed by atoms with Crippen molar-refractivity contribution in [2.75, 3.05) is 26.2 Å². The average Bonchev–Trinajstić information content (AvgIpc) is 2.34. The van der Waals surface area contributed by atoms with Crippen molar-refractivity contribution in [1.82, 2.24) is 10.6 Å². The lowest BCUT2D eigenvalue weighted by molar-refractivity contribution is 0.845. The zero-order chi connectivity index (χ0) is 13.1. The normalized spacial score (nSPS) is 7.25. The second-order valence-corrected chi connectivity index (χ2v) is 2.47. The van der Waals surface area contributed by atoms with E-state index in [1.165, 1.54) is 0 Å². The molecule has 16 heavy (non-hydrogen) atoms. The van der Waals surface area contributed by atoms with Crippen LogP contribution in [0.1, 0.15) is 0 Å². The molecule has 0 aliphatic rings. The number of hydrogen-bond donors (Lipinski definition) is 2. The minimum absolute atomic E-state index is 0.867. The summed E-state index contributed by atoms with van der Waals surface area (Å²) in [5, 5.41) is 6.10. The van der Waals surface area contributed by atoms with Crippen LogP contribution in [0.3, 0.4) is 0 Å². The minimum atomic E-state index is 0.867. The molecular formula is C14H26N2. The maximum atomic E-state index is 3.54. The minimum Gasteiger partial charge on any atom is -0.310 e. The van der Waals surface area contributed by atoms with Gasteiger partial charge < -0.3 is 10.6 Å².